The second kappa shape index (κ2) is 5.16. The van der Waals surface area contributed by atoms with E-state index in [4.69, 9.17) is 5.73 Å². The van der Waals surface area contributed by atoms with Crippen LogP contribution in [0.4, 0.5) is 0 Å². The molecule has 0 rings (SSSR count). The van der Waals surface area contributed by atoms with Crippen molar-refractivity contribution in [1.29, 1.82) is 0 Å². The first-order valence-corrected chi connectivity index (χ1v) is 4.42. The van der Waals surface area contributed by atoms with Gasteiger partial charge in [-0.05, 0) is 12.3 Å². The lowest BCUT2D eigenvalue weighted by molar-refractivity contribution is -0.123. The summed E-state index contributed by atoms with van der Waals surface area (Å²) < 4.78 is 0. The molecular formula is C9H19NO. The minimum Gasteiger partial charge on any atom is -0.369 e. The number of carbonyl (C=O) groups is 1. The van der Waals surface area contributed by atoms with Gasteiger partial charge in [0.15, 0.2) is 0 Å². The molecule has 0 saturated carbocycles. The predicted molar refractivity (Wildman–Crippen MR) is 47.0 cm³/mol. The quantitative estimate of drug-likeness (QED) is 0.651. The van der Waals surface area contributed by atoms with Gasteiger partial charge in [0.05, 0.1) is 0 Å². The fraction of sp³-hybridized carbons (Fsp3) is 0.889. The van der Waals surface area contributed by atoms with Gasteiger partial charge in [0.1, 0.15) is 0 Å². The van der Waals surface area contributed by atoms with Gasteiger partial charge in [-0.1, -0.05) is 33.6 Å². The van der Waals surface area contributed by atoms with Crippen molar-refractivity contribution in [2.45, 2.75) is 40.0 Å². The summed E-state index contributed by atoms with van der Waals surface area (Å²) in [6.45, 7) is 6.26. The van der Waals surface area contributed by atoms with Gasteiger partial charge < -0.3 is 5.73 Å². The van der Waals surface area contributed by atoms with Crippen LogP contribution in [-0.2, 0) is 4.79 Å². The molecule has 0 aromatic rings. The van der Waals surface area contributed by atoms with Crippen LogP contribution < -0.4 is 5.73 Å². The van der Waals surface area contributed by atoms with Crippen molar-refractivity contribution in [3.8, 4) is 0 Å². The normalized spacial score (nSPS) is 15.9. The molecule has 2 nitrogen and oxygen atoms in total. The summed E-state index contributed by atoms with van der Waals surface area (Å²) in [5.74, 6) is 0.388. The van der Waals surface area contributed by atoms with Gasteiger partial charge in [0.2, 0.25) is 5.91 Å². The molecule has 0 aliphatic rings. The Morgan fingerprint density at radius 2 is 2.00 bits per heavy atom. The Kier molecular flexibility index (Phi) is 4.92. The van der Waals surface area contributed by atoms with Crippen LogP contribution in [0.5, 0.6) is 0 Å². The molecule has 0 aliphatic heterocycles. The Hall–Kier alpha value is -0.530. The van der Waals surface area contributed by atoms with Gasteiger partial charge in [-0.25, -0.2) is 0 Å². The zero-order chi connectivity index (χ0) is 8.85. The highest BCUT2D eigenvalue weighted by Gasteiger charge is 2.19. The van der Waals surface area contributed by atoms with E-state index < -0.39 is 0 Å². The fourth-order valence-corrected chi connectivity index (χ4v) is 1.30. The second-order valence-corrected chi connectivity index (χ2v) is 3.18. The SMILES string of the molecule is CCC[C@@H](C(N)=O)C(C)CC. The highest BCUT2D eigenvalue weighted by atomic mass is 16.1. The summed E-state index contributed by atoms with van der Waals surface area (Å²) >= 11 is 0. The van der Waals surface area contributed by atoms with Gasteiger partial charge in [-0.3, -0.25) is 4.79 Å². The maximum atomic E-state index is 10.9. The Bertz CT molecular complexity index is 123. The lowest BCUT2D eigenvalue weighted by atomic mass is 9.88. The summed E-state index contributed by atoms with van der Waals surface area (Å²) in [4.78, 5) is 10.9. The molecule has 0 aromatic heterocycles. The molecule has 1 amide bonds. The lowest BCUT2D eigenvalue weighted by Crippen LogP contribution is -2.28. The number of amides is 1. The first kappa shape index (κ1) is 10.5. The fourth-order valence-electron chi connectivity index (χ4n) is 1.30. The van der Waals surface area contributed by atoms with E-state index in [1.165, 1.54) is 0 Å². The van der Waals surface area contributed by atoms with Crippen LogP contribution in [0.1, 0.15) is 40.0 Å². The number of nitrogens with two attached hydrogens (primary N) is 1. The molecule has 0 radical (unpaired) electrons. The molecule has 2 heteroatoms. The van der Waals surface area contributed by atoms with Crippen molar-refractivity contribution < 1.29 is 4.79 Å². The van der Waals surface area contributed by atoms with Gasteiger partial charge in [-0.15, -0.1) is 0 Å². The van der Waals surface area contributed by atoms with E-state index in [1.54, 1.807) is 0 Å². The average molecular weight is 157 g/mol. The summed E-state index contributed by atoms with van der Waals surface area (Å²) in [7, 11) is 0. The van der Waals surface area contributed by atoms with Crippen molar-refractivity contribution in [3.63, 3.8) is 0 Å². The van der Waals surface area contributed by atoms with Crippen molar-refractivity contribution in [2.75, 3.05) is 0 Å². The summed E-state index contributed by atoms with van der Waals surface area (Å²) in [6.07, 6.45) is 3.01. The zero-order valence-electron chi connectivity index (χ0n) is 7.76. The van der Waals surface area contributed by atoms with Crippen LogP contribution in [0.3, 0.4) is 0 Å². The average Bonchev–Trinajstić information content (AvgIpc) is 1.98. The minimum atomic E-state index is -0.138. The molecule has 66 valence electrons. The molecular weight excluding hydrogens is 138 g/mol. The molecule has 0 spiro atoms. The Labute approximate surface area is 69.2 Å². The van der Waals surface area contributed by atoms with E-state index in [0.717, 1.165) is 19.3 Å². The molecule has 1 unspecified atom stereocenters. The van der Waals surface area contributed by atoms with E-state index in [1.807, 2.05) is 0 Å². The lowest BCUT2D eigenvalue weighted by Gasteiger charge is -2.18. The predicted octanol–water partition coefficient (Wildman–Crippen LogP) is 1.93. The van der Waals surface area contributed by atoms with Crippen molar-refractivity contribution in [2.24, 2.45) is 17.6 Å². The molecule has 0 heterocycles. The van der Waals surface area contributed by atoms with Gasteiger partial charge in [-0.2, -0.15) is 0 Å². The van der Waals surface area contributed by atoms with Crippen LogP contribution in [0.15, 0.2) is 0 Å². The first-order valence-electron chi connectivity index (χ1n) is 4.42. The standard InChI is InChI=1S/C9H19NO/c1-4-6-8(9(10)11)7(3)5-2/h7-8H,4-6H2,1-3H3,(H2,10,11)/t7?,8-/m1/s1. The third kappa shape index (κ3) is 3.40. The van der Waals surface area contributed by atoms with E-state index >= 15 is 0 Å². The molecule has 0 aromatic carbocycles. The first-order chi connectivity index (χ1) is 5.13. The van der Waals surface area contributed by atoms with Crippen LogP contribution in [-0.4, -0.2) is 5.91 Å². The van der Waals surface area contributed by atoms with Gasteiger partial charge in [0, 0.05) is 5.92 Å². The second-order valence-electron chi connectivity index (χ2n) is 3.18. The number of primary amides is 1. The minimum absolute atomic E-state index is 0.0880. The topological polar surface area (TPSA) is 43.1 Å². The van der Waals surface area contributed by atoms with Crippen molar-refractivity contribution in [3.05, 3.63) is 0 Å². The maximum absolute atomic E-state index is 10.9. The van der Waals surface area contributed by atoms with E-state index in [2.05, 4.69) is 20.8 Å². The molecule has 0 fully saturated rings. The Morgan fingerprint density at radius 3 is 2.27 bits per heavy atom. The number of hydrogen-bond acceptors (Lipinski definition) is 1. The van der Waals surface area contributed by atoms with Crippen LogP contribution in [0.2, 0.25) is 0 Å². The highest BCUT2D eigenvalue weighted by molar-refractivity contribution is 5.76. The van der Waals surface area contributed by atoms with E-state index in [9.17, 15) is 4.79 Å². The summed E-state index contributed by atoms with van der Waals surface area (Å²) in [6, 6.07) is 0. The van der Waals surface area contributed by atoms with Gasteiger partial charge >= 0.3 is 0 Å². The summed E-state index contributed by atoms with van der Waals surface area (Å²) in [5.41, 5.74) is 5.26. The molecule has 2 N–H and O–H groups in total. The Balaban J connectivity index is 3.97. The molecule has 2 atom stereocenters. The molecule has 0 saturated heterocycles. The van der Waals surface area contributed by atoms with Crippen LogP contribution in [0.25, 0.3) is 0 Å². The van der Waals surface area contributed by atoms with E-state index in [0.29, 0.717) is 5.92 Å². The monoisotopic (exact) mass is 157 g/mol. The van der Waals surface area contributed by atoms with Crippen molar-refractivity contribution >= 4 is 5.91 Å². The van der Waals surface area contributed by atoms with Gasteiger partial charge in [0.25, 0.3) is 0 Å². The van der Waals surface area contributed by atoms with Crippen LogP contribution >= 0.6 is 0 Å². The highest BCUT2D eigenvalue weighted by Crippen LogP contribution is 2.19. The molecule has 0 aliphatic carbocycles. The van der Waals surface area contributed by atoms with E-state index in [-0.39, 0.29) is 11.8 Å². The smallest absolute Gasteiger partial charge is 0.220 e. The Morgan fingerprint density at radius 1 is 1.45 bits per heavy atom. The number of carbonyl (C=O) groups excluding carboxylic acids is 1. The van der Waals surface area contributed by atoms with Crippen LogP contribution in [0, 0.1) is 11.8 Å². The largest absolute Gasteiger partial charge is 0.369 e. The third-order valence-corrected chi connectivity index (χ3v) is 2.30. The third-order valence-electron chi connectivity index (χ3n) is 2.30. The summed E-state index contributed by atoms with van der Waals surface area (Å²) in [5, 5.41) is 0. The molecule has 11 heavy (non-hydrogen) atoms. The molecule has 0 bridgehead atoms. The maximum Gasteiger partial charge on any atom is 0.220 e. The number of hydrogen-bond donors (Lipinski definition) is 1. The number of rotatable bonds is 5. The van der Waals surface area contributed by atoms with Crippen molar-refractivity contribution in [1.82, 2.24) is 0 Å². The zero-order valence-corrected chi connectivity index (χ0v) is 7.76.